The van der Waals surface area contributed by atoms with Crippen LogP contribution in [0.3, 0.4) is 0 Å². The molecular weight excluding hydrogens is 311 g/mol. The summed E-state index contributed by atoms with van der Waals surface area (Å²) in [5, 5.41) is 0. The van der Waals surface area contributed by atoms with Crippen LogP contribution in [-0.4, -0.2) is 25.7 Å². The first-order chi connectivity index (χ1) is 7.91. The maximum atomic E-state index is 13.7. The van der Waals surface area contributed by atoms with Crippen molar-refractivity contribution in [2.75, 3.05) is 11.5 Å². The molecule has 1 aliphatic rings. The first-order valence-electron chi connectivity index (χ1n) is 5.09. The Labute approximate surface area is 107 Å². The molecule has 1 unspecified atom stereocenters. The van der Waals surface area contributed by atoms with Gasteiger partial charge in [0.25, 0.3) is 0 Å². The summed E-state index contributed by atoms with van der Waals surface area (Å²) < 4.78 is 36.4. The molecule has 0 amide bonds. The Kier molecular flexibility index (Phi) is 3.36. The molecule has 92 valence electrons. The zero-order valence-corrected chi connectivity index (χ0v) is 11.2. The summed E-state index contributed by atoms with van der Waals surface area (Å²) in [5.74, 6) is -1.81. The van der Waals surface area contributed by atoms with Gasteiger partial charge in [0, 0.05) is 5.92 Å². The van der Waals surface area contributed by atoms with Crippen LogP contribution < -0.4 is 0 Å². The fraction of sp³-hybridized carbons (Fsp3) is 0.364. The lowest BCUT2D eigenvalue weighted by molar-refractivity contribution is 0.0929. The largest absolute Gasteiger partial charge is 0.294 e. The highest BCUT2D eigenvalue weighted by atomic mass is 79.9. The molecule has 0 spiro atoms. The predicted octanol–water partition coefficient (Wildman–Crippen LogP) is 2.21. The van der Waals surface area contributed by atoms with Gasteiger partial charge in [0.1, 0.15) is 5.82 Å². The fourth-order valence-electron chi connectivity index (χ4n) is 1.92. The molecular formula is C11H10BrFO3S. The molecule has 3 nitrogen and oxygen atoms in total. The summed E-state index contributed by atoms with van der Waals surface area (Å²) in [7, 11) is -3.13. The highest BCUT2D eigenvalue weighted by Crippen LogP contribution is 2.26. The average Bonchev–Trinajstić information content (AvgIpc) is 2.62. The van der Waals surface area contributed by atoms with Crippen LogP contribution in [0.2, 0.25) is 0 Å². The predicted molar refractivity (Wildman–Crippen MR) is 65.2 cm³/mol. The van der Waals surface area contributed by atoms with Crippen LogP contribution in [0.1, 0.15) is 16.8 Å². The van der Waals surface area contributed by atoms with E-state index in [4.69, 9.17) is 0 Å². The van der Waals surface area contributed by atoms with E-state index in [1.807, 2.05) is 0 Å². The minimum Gasteiger partial charge on any atom is -0.294 e. The molecule has 0 radical (unpaired) electrons. The highest BCUT2D eigenvalue weighted by Gasteiger charge is 2.34. The van der Waals surface area contributed by atoms with Gasteiger partial charge in [0.2, 0.25) is 0 Å². The van der Waals surface area contributed by atoms with Gasteiger partial charge in [0.05, 0.1) is 21.5 Å². The van der Waals surface area contributed by atoms with Crippen molar-refractivity contribution in [3.05, 3.63) is 34.1 Å². The molecule has 0 aliphatic carbocycles. The van der Waals surface area contributed by atoms with Gasteiger partial charge in [-0.1, -0.05) is 6.07 Å². The molecule has 1 aromatic carbocycles. The number of halogens is 2. The van der Waals surface area contributed by atoms with Crippen LogP contribution in [0.25, 0.3) is 0 Å². The number of hydrogen-bond donors (Lipinski definition) is 0. The van der Waals surface area contributed by atoms with Crippen LogP contribution in [0, 0.1) is 11.7 Å². The Morgan fingerprint density at radius 1 is 1.41 bits per heavy atom. The minimum absolute atomic E-state index is 0.0129. The Morgan fingerprint density at radius 3 is 2.71 bits per heavy atom. The maximum Gasteiger partial charge on any atom is 0.169 e. The highest BCUT2D eigenvalue weighted by molar-refractivity contribution is 9.10. The second-order valence-electron chi connectivity index (χ2n) is 4.07. The molecule has 0 N–H and O–H groups in total. The number of benzene rings is 1. The summed E-state index contributed by atoms with van der Waals surface area (Å²) in [6, 6.07) is 4.44. The van der Waals surface area contributed by atoms with E-state index in [0.29, 0.717) is 0 Å². The monoisotopic (exact) mass is 320 g/mol. The van der Waals surface area contributed by atoms with Gasteiger partial charge >= 0.3 is 0 Å². The SMILES string of the molecule is O=C(c1cccc(Br)c1F)C1CCS(=O)(=O)C1. The third-order valence-corrected chi connectivity index (χ3v) is 5.20. The van der Waals surface area contributed by atoms with E-state index in [-0.39, 0.29) is 28.0 Å². The minimum atomic E-state index is -3.13. The molecule has 1 saturated heterocycles. The van der Waals surface area contributed by atoms with Crippen molar-refractivity contribution >= 4 is 31.6 Å². The Balaban J connectivity index is 2.30. The number of rotatable bonds is 2. The van der Waals surface area contributed by atoms with Crippen molar-refractivity contribution in [1.29, 1.82) is 0 Å². The Morgan fingerprint density at radius 2 is 2.12 bits per heavy atom. The van der Waals surface area contributed by atoms with Crippen LogP contribution in [0.4, 0.5) is 4.39 Å². The standard InChI is InChI=1S/C11H10BrFO3S/c12-9-3-1-2-8(10(9)13)11(14)7-4-5-17(15,16)6-7/h1-3,7H,4-6H2. The lowest BCUT2D eigenvalue weighted by Gasteiger charge is -2.08. The van der Waals surface area contributed by atoms with Crippen LogP contribution >= 0.6 is 15.9 Å². The normalized spacial score (nSPS) is 22.6. The van der Waals surface area contributed by atoms with Gasteiger partial charge in [-0.3, -0.25) is 4.79 Å². The molecule has 1 heterocycles. The van der Waals surface area contributed by atoms with Crippen molar-refractivity contribution in [3.63, 3.8) is 0 Å². The molecule has 0 bridgehead atoms. The van der Waals surface area contributed by atoms with Gasteiger partial charge in [-0.05, 0) is 34.5 Å². The number of carbonyl (C=O) groups excluding carboxylic acids is 1. The van der Waals surface area contributed by atoms with Crippen molar-refractivity contribution in [1.82, 2.24) is 0 Å². The van der Waals surface area contributed by atoms with E-state index in [0.717, 1.165) is 0 Å². The number of hydrogen-bond acceptors (Lipinski definition) is 3. The maximum absolute atomic E-state index is 13.7. The molecule has 0 saturated carbocycles. The van der Waals surface area contributed by atoms with E-state index < -0.39 is 27.4 Å². The topological polar surface area (TPSA) is 51.2 Å². The van der Waals surface area contributed by atoms with Crippen LogP contribution in [0.15, 0.2) is 22.7 Å². The number of carbonyl (C=O) groups is 1. The number of sulfone groups is 1. The third-order valence-electron chi connectivity index (χ3n) is 2.82. The van der Waals surface area contributed by atoms with E-state index in [2.05, 4.69) is 15.9 Å². The van der Waals surface area contributed by atoms with Crippen molar-refractivity contribution < 1.29 is 17.6 Å². The zero-order valence-electron chi connectivity index (χ0n) is 8.82. The lowest BCUT2D eigenvalue weighted by Crippen LogP contribution is -2.17. The average molecular weight is 321 g/mol. The molecule has 1 aromatic rings. The van der Waals surface area contributed by atoms with E-state index in [1.54, 1.807) is 6.07 Å². The second-order valence-corrected chi connectivity index (χ2v) is 7.15. The fourth-order valence-corrected chi connectivity index (χ4v) is 4.02. The Hall–Kier alpha value is -0.750. The Bertz CT molecular complexity index is 568. The molecule has 1 fully saturated rings. The van der Waals surface area contributed by atoms with Gasteiger partial charge in [-0.15, -0.1) is 0 Å². The van der Waals surface area contributed by atoms with Crippen molar-refractivity contribution in [2.45, 2.75) is 6.42 Å². The molecule has 6 heteroatoms. The smallest absolute Gasteiger partial charge is 0.169 e. The lowest BCUT2D eigenvalue weighted by atomic mass is 9.97. The van der Waals surface area contributed by atoms with E-state index in [1.165, 1.54) is 12.1 Å². The van der Waals surface area contributed by atoms with Gasteiger partial charge in [-0.2, -0.15) is 0 Å². The van der Waals surface area contributed by atoms with Gasteiger partial charge < -0.3 is 0 Å². The van der Waals surface area contributed by atoms with Crippen molar-refractivity contribution in [2.24, 2.45) is 5.92 Å². The second kappa shape index (κ2) is 4.49. The molecule has 1 atom stereocenters. The molecule has 17 heavy (non-hydrogen) atoms. The third kappa shape index (κ3) is 2.57. The van der Waals surface area contributed by atoms with E-state index >= 15 is 0 Å². The quantitative estimate of drug-likeness (QED) is 0.785. The first kappa shape index (κ1) is 12.7. The summed E-state index contributed by atoms with van der Waals surface area (Å²) in [6.07, 6.45) is 0.285. The number of Topliss-reactive ketones (excluding diaryl/α,β-unsaturated/α-hetero) is 1. The summed E-state index contributed by atoms with van der Waals surface area (Å²) in [4.78, 5) is 12.0. The first-order valence-corrected chi connectivity index (χ1v) is 7.71. The molecule has 2 rings (SSSR count). The van der Waals surface area contributed by atoms with Crippen molar-refractivity contribution in [3.8, 4) is 0 Å². The summed E-state index contributed by atoms with van der Waals surface area (Å²) in [5.41, 5.74) is -0.0403. The van der Waals surface area contributed by atoms with Gasteiger partial charge in [0.15, 0.2) is 15.6 Å². The zero-order chi connectivity index (χ0) is 12.6. The summed E-state index contributed by atoms with van der Waals surface area (Å²) in [6.45, 7) is 0. The van der Waals surface area contributed by atoms with E-state index in [9.17, 15) is 17.6 Å². The van der Waals surface area contributed by atoms with Crippen LogP contribution in [-0.2, 0) is 9.84 Å². The van der Waals surface area contributed by atoms with Gasteiger partial charge in [-0.25, -0.2) is 12.8 Å². The summed E-state index contributed by atoms with van der Waals surface area (Å²) >= 11 is 3.00. The molecule has 1 aliphatic heterocycles. The van der Waals surface area contributed by atoms with Crippen LogP contribution in [0.5, 0.6) is 0 Å². The molecule has 0 aromatic heterocycles. The number of ketones is 1.